The summed E-state index contributed by atoms with van der Waals surface area (Å²) in [4.78, 5) is 0. The number of hydrogen-bond acceptors (Lipinski definition) is 0. The smallest absolute Gasteiger partial charge is 0.194 e. The average molecular weight is 2270 g/mol. The Morgan fingerprint density at radius 1 is 0.308 bits per heavy atom. The topological polar surface area (TPSA) is 19.9 Å². The van der Waals surface area contributed by atoms with Gasteiger partial charge in [0, 0.05) is 0 Å². The maximum Gasteiger partial charge on any atom is 0.194 e. The highest BCUT2D eigenvalue weighted by Crippen LogP contribution is 2.78. The standard InChI is InChI=1S/C8I17O/c9-2(10,1(26,6(17,18)19)7(20,21)22)3(11,12)4(13,14)5(15,16)8(23,24)25. The van der Waals surface area contributed by atoms with Gasteiger partial charge in [-0.3, -0.25) is 0 Å². The molecule has 0 atom stereocenters. The van der Waals surface area contributed by atoms with E-state index in [-0.39, 0.29) is 3.72 Å². The van der Waals surface area contributed by atoms with E-state index in [0.29, 0.717) is 0 Å². The molecule has 0 spiro atoms. The Labute approximate surface area is 386 Å². The Balaban J connectivity index is 6.86. The molecular formula is C8I17O. The van der Waals surface area contributed by atoms with Crippen molar-refractivity contribution < 1.29 is 5.11 Å². The third-order valence-corrected chi connectivity index (χ3v) is 41.2. The SMILES string of the molecule is [O]C(C(I)(I)I)(C(I)(I)I)C(I)(I)C(I)(I)C(I)(I)C(I)(I)C(I)(I)I. The van der Waals surface area contributed by atoms with Crippen LogP contribution in [0, 0.1) is 0 Å². The first-order valence-corrected chi connectivity index (χ1v) is 23.5. The molecule has 0 aromatic carbocycles. The molecule has 0 aliphatic carbocycles. The van der Waals surface area contributed by atoms with Crippen LogP contribution in [-0.2, 0) is 5.11 Å². The second-order valence-corrected chi connectivity index (χ2v) is 58.8. The zero-order valence-electron chi connectivity index (χ0n) is 10.8. The third-order valence-electron chi connectivity index (χ3n) is 2.78. The van der Waals surface area contributed by atoms with Gasteiger partial charge in [0.25, 0.3) is 0 Å². The first kappa shape index (κ1) is 38.4. The summed E-state index contributed by atoms with van der Waals surface area (Å²) < 4.78 is -2.32. The van der Waals surface area contributed by atoms with Gasteiger partial charge in [0.05, 0.1) is 0 Å². The van der Waals surface area contributed by atoms with Crippen LogP contribution in [0.2, 0.25) is 0 Å². The summed E-state index contributed by atoms with van der Waals surface area (Å²) in [5.41, 5.74) is -1.24. The van der Waals surface area contributed by atoms with E-state index in [4.69, 9.17) is 0 Å². The summed E-state index contributed by atoms with van der Waals surface area (Å²) in [5, 5.41) is 14.8. The van der Waals surface area contributed by atoms with Crippen molar-refractivity contribution in [3.8, 4) is 0 Å². The first-order valence-electron chi connectivity index (χ1n) is 5.17. The molecule has 0 saturated carbocycles. The van der Waals surface area contributed by atoms with E-state index in [1.807, 2.05) is 0 Å². The molecule has 1 radical (unpaired) electrons. The minimum atomic E-state index is -1.24. The van der Waals surface area contributed by atoms with Crippen molar-refractivity contribution >= 4 is 384 Å². The molecule has 0 aliphatic rings. The van der Waals surface area contributed by atoms with Crippen molar-refractivity contribution in [2.45, 2.75) is 9.62 Å². The second kappa shape index (κ2) is 13.6. The summed E-state index contributed by atoms with van der Waals surface area (Å²) in [7, 11) is 0. The van der Waals surface area contributed by atoms with Crippen LogP contribution in [0.15, 0.2) is 0 Å². The number of alkyl halides is 17. The Bertz CT molecular complexity index is 504. The van der Waals surface area contributed by atoms with Crippen LogP contribution in [-0.4, -0.2) is 9.62 Å². The van der Waals surface area contributed by atoms with Crippen LogP contribution < -0.4 is 0 Å². The summed E-state index contributed by atoms with van der Waals surface area (Å²) in [5.74, 6) is 0. The maximum absolute atomic E-state index is 14.8. The highest BCUT2D eigenvalue weighted by molar-refractivity contribution is 14.3. The van der Waals surface area contributed by atoms with Crippen LogP contribution in [0.25, 0.3) is 0 Å². The summed E-state index contributed by atoms with van der Waals surface area (Å²) in [6.45, 7) is 0. The second-order valence-electron chi connectivity index (χ2n) is 4.47. The first-order chi connectivity index (χ1) is 10.8. The fourth-order valence-corrected chi connectivity index (χ4v) is 31.9. The third kappa shape index (κ3) is 8.01. The van der Waals surface area contributed by atoms with Gasteiger partial charge in [-0.1, -0.05) is 384 Å². The van der Waals surface area contributed by atoms with Gasteiger partial charge >= 0.3 is 0 Å². The zero-order chi connectivity index (χ0) is 22.0. The summed E-state index contributed by atoms with van der Waals surface area (Å²) >= 11 is 41.8. The van der Waals surface area contributed by atoms with E-state index in [0.717, 1.165) is 0 Å². The Kier molecular flexibility index (Phi) is 20.0. The molecule has 26 heavy (non-hydrogen) atoms. The van der Waals surface area contributed by atoms with Gasteiger partial charge in [-0.25, -0.2) is 5.11 Å². The van der Waals surface area contributed by atoms with E-state index in [1.54, 1.807) is 0 Å². The van der Waals surface area contributed by atoms with Gasteiger partial charge in [0.1, 0.15) is 5.15 Å². The van der Waals surface area contributed by atoms with E-state index in [9.17, 15) is 5.11 Å². The van der Waals surface area contributed by atoms with Gasteiger partial charge in [-0.05, 0) is 0 Å². The lowest BCUT2D eigenvalue weighted by Crippen LogP contribution is -2.71. The van der Waals surface area contributed by atoms with Crippen molar-refractivity contribution in [1.29, 1.82) is 0 Å². The predicted molar refractivity (Wildman–Crippen MR) is 261 cm³/mol. The number of hydrogen-bond donors (Lipinski definition) is 0. The molecule has 0 aromatic rings. The van der Waals surface area contributed by atoms with Gasteiger partial charge in [-0.15, -0.1) is 0 Å². The molecule has 0 saturated heterocycles. The van der Waals surface area contributed by atoms with Gasteiger partial charge in [0.2, 0.25) is 0 Å². The largest absolute Gasteiger partial charge is 0.221 e. The molecule has 0 aliphatic heterocycles. The fraction of sp³-hybridized carbons (Fsp3) is 1.00. The Morgan fingerprint density at radius 2 is 0.538 bits per heavy atom. The lowest BCUT2D eigenvalue weighted by molar-refractivity contribution is 0.00303. The molecule has 0 fully saturated rings. The van der Waals surface area contributed by atoms with Crippen LogP contribution in [0.4, 0.5) is 0 Å². The van der Waals surface area contributed by atoms with Gasteiger partial charge < -0.3 is 0 Å². The quantitative estimate of drug-likeness (QED) is 0.179. The minimum Gasteiger partial charge on any atom is -0.221 e. The minimum absolute atomic E-state index is 0.0214. The van der Waals surface area contributed by atoms with Crippen molar-refractivity contribution in [3.05, 3.63) is 0 Å². The zero-order valence-corrected chi connectivity index (χ0v) is 47.5. The van der Waals surface area contributed by atoms with Crippen molar-refractivity contribution in [3.63, 3.8) is 0 Å². The van der Waals surface area contributed by atoms with Crippen molar-refractivity contribution in [2.75, 3.05) is 0 Å². The van der Waals surface area contributed by atoms with Crippen LogP contribution >= 0.6 is 384 Å². The summed E-state index contributed by atoms with van der Waals surface area (Å²) in [6, 6.07) is 0. The van der Waals surface area contributed by atoms with E-state index >= 15 is 0 Å². The molecule has 18 heteroatoms. The highest BCUT2D eigenvalue weighted by Gasteiger charge is 2.79. The Hall–Kier alpha value is 12.4. The monoisotopic (exact) mass is 2270 g/mol. The normalized spacial score (nSPS) is 16.8. The maximum atomic E-state index is 14.8. The fourth-order valence-electron chi connectivity index (χ4n) is 1.31. The molecule has 0 N–H and O–H groups in total. The molecule has 1 nitrogen and oxygen atoms in total. The van der Waals surface area contributed by atoms with E-state index in [1.165, 1.54) is 0 Å². The number of rotatable bonds is 7. The van der Waals surface area contributed by atoms with E-state index in [2.05, 4.69) is 384 Å². The van der Waals surface area contributed by atoms with Crippen LogP contribution in [0.1, 0.15) is 0 Å². The molecule has 0 unspecified atom stereocenters. The molecule has 157 valence electrons. The summed E-state index contributed by atoms with van der Waals surface area (Å²) in [6.07, 6.45) is 0. The van der Waals surface area contributed by atoms with Crippen molar-refractivity contribution in [2.24, 2.45) is 0 Å². The predicted octanol–water partition coefficient (Wildman–Crippen LogP) is 13.3. The average Bonchev–Trinajstić information content (AvgIpc) is 2.32. The molecule has 0 aromatic heterocycles. The van der Waals surface area contributed by atoms with Crippen LogP contribution in [0.5, 0.6) is 0 Å². The Morgan fingerprint density at radius 3 is 0.731 bits per heavy atom. The van der Waals surface area contributed by atoms with Crippen LogP contribution in [0.3, 0.4) is 0 Å². The molecule has 0 amide bonds. The lowest BCUT2D eigenvalue weighted by Gasteiger charge is -2.58. The molecule has 0 heterocycles. The van der Waals surface area contributed by atoms with Gasteiger partial charge in [-0.2, -0.15) is 0 Å². The molecule has 0 rings (SSSR count). The highest BCUT2D eigenvalue weighted by atomic mass is 127. The lowest BCUT2D eigenvalue weighted by atomic mass is 10.00. The van der Waals surface area contributed by atoms with Gasteiger partial charge in [0.15, 0.2) is 4.47 Å². The molecular weight excluding hydrogens is 2270 g/mol. The number of halogens is 17. The molecule has 0 bridgehead atoms. The van der Waals surface area contributed by atoms with E-state index < -0.39 is 5.90 Å². The van der Waals surface area contributed by atoms with Crippen molar-refractivity contribution in [1.82, 2.24) is 0 Å².